The predicted octanol–water partition coefficient (Wildman–Crippen LogP) is 1.94. The highest BCUT2D eigenvalue weighted by atomic mass is 79.9. The Balaban J connectivity index is 2.79. The minimum absolute atomic E-state index is 0.0418. The second-order valence-electron chi connectivity index (χ2n) is 4.63. The number of aliphatic carboxylic acids is 1. The SMILES string of the molecule is CCc1nn(C)c(CNC(C(=O)O)C(C)C)c1Br. The Morgan fingerprint density at radius 2 is 2.17 bits per heavy atom. The Labute approximate surface area is 116 Å². The summed E-state index contributed by atoms with van der Waals surface area (Å²) in [6.07, 6.45) is 0.848. The molecule has 18 heavy (non-hydrogen) atoms. The quantitative estimate of drug-likeness (QED) is 0.841. The van der Waals surface area contributed by atoms with E-state index >= 15 is 0 Å². The van der Waals surface area contributed by atoms with Crippen LogP contribution in [0.1, 0.15) is 32.2 Å². The van der Waals surface area contributed by atoms with Crippen LogP contribution in [0.4, 0.5) is 0 Å². The second kappa shape index (κ2) is 6.33. The summed E-state index contributed by atoms with van der Waals surface area (Å²) in [5, 5.41) is 16.6. The van der Waals surface area contributed by atoms with Gasteiger partial charge in [-0.3, -0.25) is 14.8 Å². The number of nitrogens with zero attached hydrogens (tertiary/aromatic N) is 2. The number of halogens is 1. The molecule has 0 spiro atoms. The summed E-state index contributed by atoms with van der Waals surface area (Å²) in [6, 6.07) is -0.545. The Kier molecular flexibility index (Phi) is 5.34. The monoisotopic (exact) mass is 317 g/mol. The van der Waals surface area contributed by atoms with Gasteiger partial charge in [-0.05, 0) is 28.3 Å². The van der Waals surface area contributed by atoms with Gasteiger partial charge in [0.25, 0.3) is 0 Å². The standard InChI is InChI=1S/C12H20BrN3O2/c1-5-8-10(13)9(16(4)15-8)6-14-11(7(2)3)12(17)18/h7,11,14H,5-6H2,1-4H3,(H,17,18). The molecule has 0 bridgehead atoms. The number of nitrogens with one attached hydrogen (secondary N) is 1. The number of rotatable bonds is 6. The molecule has 0 aliphatic heterocycles. The number of carbonyl (C=O) groups is 1. The minimum atomic E-state index is -0.820. The lowest BCUT2D eigenvalue weighted by molar-refractivity contribution is -0.140. The molecule has 102 valence electrons. The molecule has 1 aromatic rings. The lowest BCUT2D eigenvalue weighted by atomic mass is 10.0. The molecule has 0 fully saturated rings. The van der Waals surface area contributed by atoms with Gasteiger partial charge < -0.3 is 5.11 Å². The Hall–Kier alpha value is -0.880. The van der Waals surface area contributed by atoms with Gasteiger partial charge in [0.15, 0.2) is 0 Å². The zero-order valence-electron chi connectivity index (χ0n) is 11.2. The molecule has 0 radical (unpaired) electrons. The summed E-state index contributed by atoms with van der Waals surface area (Å²) in [6.45, 7) is 6.31. The van der Waals surface area contributed by atoms with Crippen LogP contribution in [0.25, 0.3) is 0 Å². The summed E-state index contributed by atoms with van der Waals surface area (Å²) in [7, 11) is 1.87. The van der Waals surface area contributed by atoms with Gasteiger partial charge >= 0.3 is 5.97 Å². The molecular formula is C12H20BrN3O2. The van der Waals surface area contributed by atoms with Crippen LogP contribution in [0.5, 0.6) is 0 Å². The smallest absolute Gasteiger partial charge is 0.320 e. The summed E-state index contributed by atoms with van der Waals surface area (Å²) >= 11 is 3.52. The third kappa shape index (κ3) is 3.32. The van der Waals surface area contributed by atoms with E-state index in [9.17, 15) is 4.79 Å². The summed E-state index contributed by atoms with van der Waals surface area (Å²) in [5.41, 5.74) is 1.96. The van der Waals surface area contributed by atoms with Crippen molar-refractivity contribution in [2.24, 2.45) is 13.0 Å². The van der Waals surface area contributed by atoms with Gasteiger partial charge in [0, 0.05) is 13.6 Å². The van der Waals surface area contributed by atoms with E-state index in [1.807, 2.05) is 27.8 Å². The molecule has 1 unspecified atom stereocenters. The molecular weight excluding hydrogens is 298 g/mol. The minimum Gasteiger partial charge on any atom is -0.480 e. The van der Waals surface area contributed by atoms with Crippen LogP contribution in [-0.4, -0.2) is 26.9 Å². The van der Waals surface area contributed by atoms with Crippen LogP contribution in [0.3, 0.4) is 0 Å². The topological polar surface area (TPSA) is 67.2 Å². The molecule has 0 saturated carbocycles. The first-order valence-corrected chi connectivity index (χ1v) is 6.84. The van der Waals surface area contributed by atoms with E-state index in [0.717, 1.165) is 22.3 Å². The average Bonchev–Trinajstić information content (AvgIpc) is 2.55. The fourth-order valence-electron chi connectivity index (χ4n) is 1.83. The first-order chi connectivity index (χ1) is 8.38. The lowest BCUT2D eigenvalue weighted by Gasteiger charge is -2.18. The first kappa shape index (κ1) is 15.2. The third-order valence-corrected chi connectivity index (χ3v) is 3.84. The van der Waals surface area contributed by atoms with E-state index in [1.165, 1.54) is 0 Å². The van der Waals surface area contributed by atoms with Gasteiger partial charge in [-0.25, -0.2) is 0 Å². The molecule has 1 heterocycles. The highest BCUT2D eigenvalue weighted by Crippen LogP contribution is 2.21. The van der Waals surface area contributed by atoms with Gasteiger partial charge in [0.1, 0.15) is 6.04 Å². The van der Waals surface area contributed by atoms with Crippen molar-refractivity contribution in [3.05, 3.63) is 15.9 Å². The molecule has 0 aliphatic rings. The number of hydrogen-bond acceptors (Lipinski definition) is 3. The molecule has 1 aromatic heterocycles. The van der Waals surface area contributed by atoms with Gasteiger partial charge in [-0.15, -0.1) is 0 Å². The predicted molar refractivity (Wildman–Crippen MR) is 73.4 cm³/mol. The summed E-state index contributed by atoms with van der Waals surface area (Å²) in [5.74, 6) is -0.779. The van der Waals surface area contributed by atoms with Gasteiger partial charge in [-0.1, -0.05) is 20.8 Å². The Bertz CT molecular complexity index is 429. The van der Waals surface area contributed by atoms with Crippen LogP contribution in [0.2, 0.25) is 0 Å². The molecule has 5 nitrogen and oxygen atoms in total. The number of carboxylic acid groups (broad SMARTS) is 1. The zero-order chi connectivity index (χ0) is 13.9. The van der Waals surface area contributed by atoms with E-state index in [0.29, 0.717) is 6.54 Å². The van der Waals surface area contributed by atoms with Crippen molar-refractivity contribution in [1.82, 2.24) is 15.1 Å². The van der Waals surface area contributed by atoms with Crippen molar-refractivity contribution < 1.29 is 9.90 Å². The number of aromatic nitrogens is 2. The van der Waals surface area contributed by atoms with Crippen LogP contribution in [0, 0.1) is 5.92 Å². The maximum absolute atomic E-state index is 11.1. The van der Waals surface area contributed by atoms with E-state index in [1.54, 1.807) is 4.68 Å². The number of aryl methyl sites for hydroxylation is 2. The van der Waals surface area contributed by atoms with Crippen molar-refractivity contribution in [2.75, 3.05) is 0 Å². The fourth-order valence-corrected chi connectivity index (χ4v) is 2.58. The average molecular weight is 318 g/mol. The van der Waals surface area contributed by atoms with E-state index in [2.05, 4.69) is 26.3 Å². The summed E-state index contributed by atoms with van der Waals surface area (Å²) < 4.78 is 2.75. The van der Waals surface area contributed by atoms with Crippen molar-refractivity contribution >= 4 is 21.9 Å². The van der Waals surface area contributed by atoms with Crippen LogP contribution >= 0.6 is 15.9 Å². The van der Waals surface area contributed by atoms with Crippen molar-refractivity contribution in [3.8, 4) is 0 Å². The highest BCUT2D eigenvalue weighted by molar-refractivity contribution is 9.10. The third-order valence-electron chi connectivity index (χ3n) is 2.93. The van der Waals surface area contributed by atoms with Crippen molar-refractivity contribution in [3.63, 3.8) is 0 Å². The van der Waals surface area contributed by atoms with Crippen LogP contribution < -0.4 is 5.32 Å². The van der Waals surface area contributed by atoms with Crippen LogP contribution in [0.15, 0.2) is 4.47 Å². The Morgan fingerprint density at radius 1 is 1.56 bits per heavy atom. The molecule has 2 N–H and O–H groups in total. The molecule has 0 amide bonds. The molecule has 1 rings (SSSR count). The largest absolute Gasteiger partial charge is 0.480 e. The van der Waals surface area contributed by atoms with E-state index in [4.69, 9.17) is 5.11 Å². The molecule has 1 atom stereocenters. The highest BCUT2D eigenvalue weighted by Gasteiger charge is 2.22. The number of hydrogen-bond donors (Lipinski definition) is 2. The van der Waals surface area contributed by atoms with Gasteiger partial charge in [0.05, 0.1) is 15.9 Å². The first-order valence-electron chi connectivity index (χ1n) is 6.04. The zero-order valence-corrected chi connectivity index (χ0v) is 12.8. The van der Waals surface area contributed by atoms with Crippen LogP contribution in [-0.2, 0) is 24.8 Å². The lowest BCUT2D eigenvalue weighted by Crippen LogP contribution is -2.40. The Morgan fingerprint density at radius 3 is 2.56 bits per heavy atom. The normalized spacial score (nSPS) is 13.0. The molecule has 0 aliphatic carbocycles. The van der Waals surface area contributed by atoms with E-state index in [-0.39, 0.29) is 5.92 Å². The molecule has 6 heteroatoms. The van der Waals surface area contributed by atoms with Crippen molar-refractivity contribution in [1.29, 1.82) is 0 Å². The van der Waals surface area contributed by atoms with Gasteiger partial charge in [-0.2, -0.15) is 5.10 Å². The molecule has 0 saturated heterocycles. The van der Waals surface area contributed by atoms with E-state index < -0.39 is 12.0 Å². The van der Waals surface area contributed by atoms with Crippen molar-refractivity contribution in [2.45, 2.75) is 39.8 Å². The van der Waals surface area contributed by atoms with Gasteiger partial charge in [0.2, 0.25) is 0 Å². The molecule has 0 aromatic carbocycles. The fraction of sp³-hybridized carbons (Fsp3) is 0.667. The number of carboxylic acids is 1. The maximum atomic E-state index is 11.1. The maximum Gasteiger partial charge on any atom is 0.320 e. The second-order valence-corrected chi connectivity index (χ2v) is 5.42. The summed E-state index contributed by atoms with van der Waals surface area (Å²) in [4.78, 5) is 11.1.